The number of halogens is 2. The number of carboxylic acids is 1. The molecule has 0 aliphatic heterocycles. The molecule has 0 fully saturated rings. The second kappa shape index (κ2) is 9.79. The summed E-state index contributed by atoms with van der Waals surface area (Å²) < 4.78 is 0. The van der Waals surface area contributed by atoms with Crippen LogP contribution in [0.5, 0.6) is 0 Å². The molecule has 2 aromatic rings. The molecule has 0 heterocycles. The van der Waals surface area contributed by atoms with Crippen molar-refractivity contribution >= 4 is 89.4 Å². The number of carboxylic acid groups (broad SMARTS) is 1. The Balaban J connectivity index is 0.00000264. The van der Waals surface area contributed by atoms with Crippen LogP contribution in [-0.4, -0.2) is 66.5 Å². The van der Waals surface area contributed by atoms with Gasteiger partial charge in [-0.3, -0.25) is 4.79 Å². The van der Waals surface area contributed by atoms with E-state index in [0.717, 1.165) is 5.69 Å². The van der Waals surface area contributed by atoms with E-state index >= 15 is 0 Å². The molecular formula is C17H17BaCl2NO2. The van der Waals surface area contributed by atoms with Gasteiger partial charge in [-0.05, 0) is 23.8 Å². The number of aliphatic carboxylic acids is 1. The molecule has 0 unspecified atom stereocenters. The first-order valence-corrected chi connectivity index (χ1v) is 7.42. The SMILES string of the molecule is C=CCN(c1ccccc1CC(=O)O)c1c(Cl)cccc1Cl.[BaH2]. The van der Waals surface area contributed by atoms with Crippen LogP contribution >= 0.6 is 23.2 Å². The molecule has 6 heteroatoms. The number of anilines is 2. The molecular weight excluding hydrogens is 458 g/mol. The summed E-state index contributed by atoms with van der Waals surface area (Å²) in [6.07, 6.45) is 1.64. The molecule has 0 aromatic heterocycles. The number of carbonyl (C=O) groups is 1. The van der Waals surface area contributed by atoms with Crippen molar-refractivity contribution in [2.24, 2.45) is 0 Å². The van der Waals surface area contributed by atoms with Crippen molar-refractivity contribution in [1.29, 1.82) is 0 Å². The summed E-state index contributed by atoms with van der Waals surface area (Å²) in [5.41, 5.74) is 2.08. The van der Waals surface area contributed by atoms with E-state index in [2.05, 4.69) is 6.58 Å². The van der Waals surface area contributed by atoms with E-state index in [1.807, 2.05) is 23.1 Å². The number of hydrogen-bond acceptors (Lipinski definition) is 2. The Bertz CT molecular complexity index is 686. The quantitative estimate of drug-likeness (QED) is 0.507. The summed E-state index contributed by atoms with van der Waals surface area (Å²) in [6, 6.07) is 12.6. The second-order valence-corrected chi connectivity index (χ2v) is 5.48. The Hall–Kier alpha value is -0.399. The number of para-hydroxylation sites is 2. The van der Waals surface area contributed by atoms with Crippen molar-refractivity contribution in [3.8, 4) is 0 Å². The van der Waals surface area contributed by atoms with Crippen LogP contribution in [0.2, 0.25) is 10.0 Å². The van der Waals surface area contributed by atoms with Gasteiger partial charge in [-0.25, -0.2) is 0 Å². The van der Waals surface area contributed by atoms with Crippen molar-refractivity contribution in [3.63, 3.8) is 0 Å². The molecule has 0 amide bonds. The maximum absolute atomic E-state index is 11.1. The van der Waals surface area contributed by atoms with E-state index in [1.165, 1.54) is 0 Å². The Morgan fingerprint density at radius 1 is 1.13 bits per heavy atom. The average Bonchev–Trinajstić information content (AvgIpc) is 2.46. The monoisotopic (exact) mass is 475 g/mol. The van der Waals surface area contributed by atoms with Crippen LogP contribution in [-0.2, 0) is 11.2 Å². The Morgan fingerprint density at radius 3 is 2.30 bits per heavy atom. The molecule has 23 heavy (non-hydrogen) atoms. The summed E-state index contributed by atoms with van der Waals surface area (Å²) in [4.78, 5) is 13.0. The van der Waals surface area contributed by atoms with Crippen molar-refractivity contribution in [1.82, 2.24) is 0 Å². The van der Waals surface area contributed by atoms with E-state index in [9.17, 15) is 4.79 Å². The van der Waals surface area contributed by atoms with Crippen LogP contribution in [0.25, 0.3) is 0 Å². The van der Waals surface area contributed by atoms with Crippen molar-refractivity contribution < 1.29 is 9.90 Å². The van der Waals surface area contributed by atoms with Gasteiger partial charge in [-0.2, -0.15) is 0 Å². The Morgan fingerprint density at radius 2 is 1.74 bits per heavy atom. The molecule has 1 N–H and O–H groups in total. The van der Waals surface area contributed by atoms with E-state index < -0.39 is 5.97 Å². The molecule has 0 aliphatic carbocycles. The van der Waals surface area contributed by atoms with Crippen LogP contribution in [0.15, 0.2) is 55.1 Å². The van der Waals surface area contributed by atoms with Gasteiger partial charge in [-0.15, -0.1) is 6.58 Å². The van der Waals surface area contributed by atoms with E-state index in [0.29, 0.717) is 27.8 Å². The van der Waals surface area contributed by atoms with Gasteiger partial charge >= 0.3 is 54.9 Å². The normalized spacial score (nSPS) is 9.83. The summed E-state index contributed by atoms with van der Waals surface area (Å²) in [6.45, 7) is 4.22. The van der Waals surface area contributed by atoms with Crippen LogP contribution in [0, 0.1) is 0 Å². The fourth-order valence-electron chi connectivity index (χ4n) is 2.27. The van der Waals surface area contributed by atoms with Gasteiger partial charge in [0.1, 0.15) is 0 Å². The summed E-state index contributed by atoms with van der Waals surface area (Å²) >= 11 is 12.6. The first-order chi connectivity index (χ1) is 10.5. The third-order valence-electron chi connectivity index (χ3n) is 3.14. The predicted molar refractivity (Wildman–Crippen MR) is 100.0 cm³/mol. The number of hydrogen-bond donors (Lipinski definition) is 1. The maximum atomic E-state index is 11.1. The first kappa shape index (κ1) is 20.6. The first-order valence-electron chi connectivity index (χ1n) is 6.66. The van der Waals surface area contributed by atoms with Gasteiger partial charge in [0.05, 0.1) is 22.2 Å². The molecule has 0 aliphatic rings. The summed E-state index contributed by atoms with van der Waals surface area (Å²) in [5.74, 6) is -0.892. The number of benzene rings is 2. The fourth-order valence-corrected chi connectivity index (χ4v) is 2.87. The van der Waals surface area contributed by atoms with E-state index in [-0.39, 0.29) is 55.3 Å². The van der Waals surface area contributed by atoms with Crippen LogP contribution < -0.4 is 4.90 Å². The molecule has 0 saturated heterocycles. The molecule has 0 radical (unpaired) electrons. The summed E-state index contributed by atoms with van der Waals surface area (Å²) in [7, 11) is 0. The molecule has 118 valence electrons. The molecule has 0 atom stereocenters. The second-order valence-electron chi connectivity index (χ2n) is 4.67. The van der Waals surface area contributed by atoms with Crippen LogP contribution in [0.3, 0.4) is 0 Å². The Labute approximate surface area is 186 Å². The number of rotatable bonds is 6. The van der Waals surface area contributed by atoms with Gasteiger partial charge in [0, 0.05) is 12.2 Å². The van der Waals surface area contributed by atoms with Gasteiger partial charge in [-0.1, -0.05) is 53.5 Å². The van der Waals surface area contributed by atoms with E-state index in [4.69, 9.17) is 28.3 Å². The van der Waals surface area contributed by atoms with Crippen LogP contribution in [0.4, 0.5) is 11.4 Å². The third-order valence-corrected chi connectivity index (χ3v) is 3.75. The summed E-state index contributed by atoms with van der Waals surface area (Å²) in [5, 5.41) is 10.1. The van der Waals surface area contributed by atoms with Crippen LogP contribution in [0.1, 0.15) is 5.56 Å². The standard InChI is InChI=1S/C17H15Cl2NO2.Ba.2H/c1-2-10-20(17-13(18)7-5-8-14(17)19)15-9-4-3-6-12(15)11-16(21)22;;;/h2-9H,1,10-11H2,(H,21,22);;;. The Kier molecular flexibility index (Phi) is 8.79. The molecule has 0 bridgehead atoms. The fraction of sp³-hybridized carbons (Fsp3) is 0.118. The zero-order chi connectivity index (χ0) is 16.1. The minimum absolute atomic E-state index is 0. The van der Waals surface area contributed by atoms with Gasteiger partial charge < -0.3 is 10.0 Å². The zero-order valence-corrected chi connectivity index (χ0v) is 13.3. The van der Waals surface area contributed by atoms with Gasteiger partial charge in [0.15, 0.2) is 0 Å². The third kappa shape index (κ3) is 5.29. The minimum atomic E-state index is -0.892. The topological polar surface area (TPSA) is 40.5 Å². The van der Waals surface area contributed by atoms with Crippen molar-refractivity contribution in [3.05, 3.63) is 70.7 Å². The predicted octanol–water partition coefficient (Wildman–Crippen LogP) is 4.03. The molecule has 0 spiro atoms. The van der Waals surface area contributed by atoms with Gasteiger partial charge in [0.25, 0.3) is 0 Å². The molecule has 0 saturated carbocycles. The van der Waals surface area contributed by atoms with Crippen molar-refractivity contribution in [2.75, 3.05) is 11.4 Å². The van der Waals surface area contributed by atoms with Gasteiger partial charge in [0.2, 0.25) is 0 Å². The average molecular weight is 476 g/mol. The van der Waals surface area contributed by atoms with E-state index in [1.54, 1.807) is 30.3 Å². The molecule has 2 aromatic carbocycles. The molecule has 3 nitrogen and oxygen atoms in total. The number of nitrogens with zero attached hydrogens (tertiary/aromatic N) is 1. The van der Waals surface area contributed by atoms with Crippen molar-refractivity contribution in [2.45, 2.75) is 6.42 Å². The molecule has 2 rings (SSSR count). The zero-order valence-electron chi connectivity index (χ0n) is 11.8.